The van der Waals surface area contributed by atoms with Crippen molar-refractivity contribution in [3.63, 3.8) is 0 Å². The molecule has 1 aromatic rings. The van der Waals surface area contributed by atoms with Crippen LogP contribution in [0.1, 0.15) is 12.0 Å². The number of hydrogen-bond donors (Lipinski definition) is 1. The Morgan fingerprint density at radius 2 is 2.00 bits per heavy atom. The van der Waals surface area contributed by atoms with E-state index in [-0.39, 0.29) is 22.0 Å². The molecule has 0 saturated carbocycles. The highest BCUT2D eigenvalue weighted by Gasteiger charge is 2.34. The average molecular weight is 330 g/mol. The number of carbonyl (C=O) groups is 2. The lowest BCUT2D eigenvalue weighted by atomic mass is 10.0. The number of imide groups is 1. The van der Waals surface area contributed by atoms with Crippen molar-refractivity contribution >= 4 is 49.9 Å². The highest BCUT2D eigenvalue weighted by Crippen LogP contribution is 2.40. The van der Waals surface area contributed by atoms with Crippen LogP contribution in [-0.4, -0.2) is 25.3 Å². The monoisotopic (exact) mass is 329 g/mol. The highest BCUT2D eigenvalue weighted by atomic mass is 35.5. The molecule has 8 heteroatoms. The van der Waals surface area contributed by atoms with Crippen molar-refractivity contribution in [1.82, 2.24) is 5.32 Å². The molecule has 2 amide bonds. The van der Waals surface area contributed by atoms with Crippen LogP contribution in [0.15, 0.2) is 28.0 Å². The summed E-state index contributed by atoms with van der Waals surface area (Å²) in [4.78, 5) is 23.4. The third-order valence-electron chi connectivity index (χ3n) is 3.12. The zero-order valence-electron chi connectivity index (χ0n) is 9.97. The van der Waals surface area contributed by atoms with E-state index in [1.54, 1.807) is 12.1 Å². The number of rotatable bonds is 0. The molecule has 1 saturated heterocycles. The molecule has 2 heterocycles. The number of benzene rings is 1. The van der Waals surface area contributed by atoms with E-state index in [1.807, 2.05) is 0 Å². The molecular weight excluding hydrogens is 322 g/mol. The van der Waals surface area contributed by atoms with E-state index in [0.29, 0.717) is 16.2 Å². The van der Waals surface area contributed by atoms with Crippen LogP contribution in [0.4, 0.5) is 4.79 Å². The third-order valence-corrected chi connectivity index (χ3v) is 6.02. The van der Waals surface area contributed by atoms with Crippen LogP contribution in [0.2, 0.25) is 5.02 Å². The molecule has 2 aliphatic heterocycles. The topological polar surface area (TPSA) is 80.3 Å². The van der Waals surface area contributed by atoms with Gasteiger partial charge in [0.1, 0.15) is 0 Å². The van der Waals surface area contributed by atoms with Crippen LogP contribution in [0, 0.1) is 0 Å². The lowest BCUT2D eigenvalue weighted by Crippen LogP contribution is -2.20. The second-order valence-corrected chi connectivity index (χ2v) is 7.86. The van der Waals surface area contributed by atoms with Gasteiger partial charge in [-0.05, 0) is 41.5 Å². The summed E-state index contributed by atoms with van der Waals surface area (Å²) < 4.78 is 24.2. The molecule has 5 nitrogen and oxygen atoms in total. The van der Waals surface area contributed by atoms with Gasteiger partial charge in [0.15, 0.2) is 9.84 Å². The second kappa shape index (κ2) is 4.61. The van der Waals surface area contributed by atoms with Gasteiger partial charge in [-0.3, -0.25) is 14.9 Å². The zero-order chi connectivity index (χ0) is 14.5. The summed E-state index contributed by atoms with van der Waals surface area (Å²) in [5.41, 5.74) is 1.04. The summed E-state index contributed by atoms with van der Waals surface area (Å²) in [6, 6.07) is 4.53. The minimum absolute atomic E-state index is 0.0960. The Morgan fingerprint density at radius 3 is 2.65 bits per heavy atom. The van der Waals surface area contributed by atoms with E-state index in [0.717, 1.165) is 11.8 Å². The van der Waals surface area contributed by atoms with Crippen molar-refractivity contribution in [1.29, 1.82) is 0 Å². The lowest BCUT2D eigenvalue weighted by Gasteiger charge is -2.20. The Morgan fingerprint density at radius 1 is 1.25 bits per heavy atom. The Kier molecular flexibility index (Phi) is 3.15. The number of amides is 2. The number of fused-ring (bicyclic) bond motifs is 1. The number of allylic oxidation sites excluding steroid dienone is 1. The zero-order valence-corrected chi connectivity index (χ0v) is 12.4. The van der Waals surface area contributed by atoms with E-state index >= 15 is 0 Å². The standard InChI is InChI=1S/C12H8ClNO4S2/c13-6-1-2-7-8(10-11(15)14-12(16)19-10)3-4-20(17,18)9(7)5-6/h1-2,5H,3-4H2,(H,14,15,16). The number of thioether (sulfide) groups is 1. The van der Waals surface area contributed by atoms with Crippen molar-refractivity contribution in [2.45, 2.75) is 11.3 Å². The molecule has 0 spiro atoms. The van der Waals surface area contributed by atoms with Gasteiger partial charge in [-0.1, -0.05) is 17.7 Å². The largest absolute Gasteiger partial charge is 0.290 e. The molecule has 0 unspecified atom stereocenters. The quantitative estimate of drug-likeness (QED) is 0.738. The van der Waals surface area contributed by atoms with Crippen molar-refractivity contribution in [2.24, 2.45) is 0 Å². The molecule has 0 radical (unpaired) electrons. The van der Waals surface area contributed by atoms with Crippen LogP contribution in [0.5, 0.6) is 0 Å². The summed E-state index contributed by atoms with van der Waals surface area (Å²) in [5, 5.41) is 2.05. The molecule has 0 aliphatic carbocycles. The molecule has 3 rings (SSSR count). The van der Waals surface area contributed by atoms with Crippen molar-refractivity contribution < 1.29 is 18.0 Å². The number of hydrogen-bond acceptors (Lipinski definition) is 5. The minimum Gasteiger partial charge on any atom is -0.282 e. The summed E-state index contributed by atoms with van der Waals surface area (Å²) in [6.07, 6.45) is 0.208. The molecule has 0 atom stereocenters. The predicted molar refractivity (Wildman–Crippen MR) is 76.2 cm³/mol. The molecule has 1 fully saturated rings. The fraction of sp³-hybridized carbons (Fsp3) is 0.167. The van der Waals surface area contributed by atoms with Gasteiger partial charge in [-0.2, -0.15) is 0 Å². The number of halogens is 1. The SMILES string of the molecule is O=C1NC(=O)C(=C2CCS(=O)(=O)c3cc(Cl)ccc32)S1. The molecule has 20 heavy (non-hydrogen) atoms. The maximum atomic E-state index is 12.1. The Bertz CT molecular complexity index is 783. The van der Waals surface area contributed by atoms with E-state index in [1.165, 1.54) is 6.07 Å². The molecule has 0 bridgehead atoms. The summed E-state index contributed by atoms with van der Waals surface area (Å²) in [5.74, 6) is -0.573. The summed E-state index contributed by atoms with van der Waals surface area (Å²) in [7, 11) is -3.40. The normalized spacial score (nSPS) is 24.4. The van der Waals surface area contributed by atoms with Gasteiger partial charge < -0.3 is 0 Å². The van der Waals surface area contributed by atoms with Crippen LogP contribution < -0.4 is 5.32 Å². The first-order valence-electron chi connectivity index (χ1n) is 5.67. The van der Waals surface area contributed by atoms with E-state index < -0.39 is 21.0 Å². The third kappa shape index (κ3) is 2.15. The van der Waals surface area contributed by atoms with Gasteiger partial charge in [0.2, 0.25) is 0 Å². The van der Waals surface area contributed by atoms with Crippen LogP contribution in [0.3, 0.4) is 0 Å². The van der Waals surface area contributed by atoms with Crippen molar-refractivity contribution in [2.75, 3.05) is 5.75 Å². The second-order valence-electron chi connectivity index (χ2n) is 4.36. The first kappa shape index (κ1) is 13.7. The Balaban J connectivity index is 2.26. The predicted octanol–water partition coefficient (Wildman–Crippen LogP) is 2.21. The summed E-state index contributed by atoms with van der Waals surface area (Å²) >= 11 is 6.64. The van der Waals surface area contributed by atoms with E-state index in [9.17, 15) is 18.0 Å². The highest BCUT2D eigenvalue weighted by molar-refractivity contribution is 8.18. The van der Waals surface area contributed by atoms with Gasteiger partial charge in [-0.15, -0.1) is 0 Å². The molecule has 0 aromatic heterocycles. The average Bonchev–Trinajstić information content (AvgIpc) is 2.69. The fourth-order valence-electron chi connectivity index (χ4n) is 2.23. The fourth-order valence-corrected chi connectivity index (χ4v) is 4.80. The van der Waals surface area contributed by atoms with Gasteiger partial charge in [0, 0.05) is 5.02 Å². The first-order valence-corrected chi connectivity index (χ1v) is 8.52. The number of nitrogens with one attached hydrogen (secondary N) is 1. The summed E-state index contributed by atoms with van der Waals surface area (Å²) in [6.45, 7) is 0. The Labute approximate surface area is 124 Å². The van der Waals surface area contributed by atoms with Crippen LogP contribution in [0.25, 0.3) is 5.57 Å². The minimum atomic E-state index is -3.40. The van der Waals surface area contributed by atoms with Gasteiger partial charge in [0.05, 0.1) is 15.6 Å². The van der Waals surface area contributed by atoms with E-state index in [2.05, 4.69) is 5.32 Å². The maximum absolute atomic E-state index is 12.1. The lowest BCUT2D eigenvalue weighted by molar-refractivity contribution is -0.115. The molecule has 1 N–H and O–H groups in total. The van der Waals surface area contributed by atoms with Crippen LogP contribution >= 0.6 is 23.4 Å². The van der Waals surface area contributed by atoms with Crippen molar-refractivity contribution in [3.8, 4) is 0 Å². The van der Waals surface area contributed by atoms with Gasteiger partial charge in [0.25, 0.3) is 11.1 Å². The maximum Gasteiger partial charge on any atom is 0.290 e. The molecule has 104 valence electrons. The smallest absolute Gasteiger partial charge is 0.282 e. The molecule has 1 aromatic carbocycles. The Hall–Kier alpha value is -1.31. The number of sulfone groups is 1. The van der Waals surface area contributed by atoms with Crippen LogP contribution in [-0.2, 0) is 14.6 Å². The first-order chi connectivity index (χ1) is 9.38. The molecular formula is C12H8ClNO4S2. The van der Waals surface area contributed by atoms with Gasteiger partial charge >= 0.3 is 0 Å². The van der Waals surface area contributed by atoms with E-state index in [4.69, 9.17) is 11.6 Å². The number of carbonyl (C=O) groups excluding carboxylic acids is 2. The van der Waals surface area contributed by atoms with Gasteiger partial charge in [-0.25, -0.2) is 8.42 Å². The molecule has 2 aliphatic rings. The van der Waals surface area contributed by atoms with Crippen molar-refractivity contribution in [3.05, 3.63) is 33.7 Å².